The van der Waals surface area contributed by atoms with Crippen molar-refractivity contribution in [3.8, 4) is 5.75 Å². The summed E-state index contributed by atoms with van der Waals surface area (Å²) < 4.78 is 0. The van der Waals surface area contributed by atoms with E-state index in [1.165, 1.54) is 0 Å². The van der Waals surface area contributed by atoms with Gasteiger partial charge in [0.15, 0.2) is 0 Å². The van der Waals surface area contributed by atoms with Crippen LogP contribution in [-0.2, 0) is 4.79 Å². The van der Waals surface area contributed by atoms with Gasteiger partial charge in [0.05, 0.1) is 6.04 Å². The third-order valence-electron chi connectivity index (χ3n) is 4.02. The molecule has 0 aromatic heterocycles. The van der Waals surface area contributed by atoms with Gasteiger partial charge in [-0.1, -0.05) is 29.3 Å². The summed E-state index contributed by atoms with van der Waals surface area (Å²) in [6.45, 7) is 1.90. The van der Waals surface area contributed by atoms with Gasteiger partial charge in [0.25, 0.3) is 0 Å². The molecule has 4 N–H and O–H groups in total. The lowest BCUT2D eigenvalue weighted by Crippen LogP contribution is -2.39. The molecule has 2 aromatic carbocycles. The van der Waals surface area contributed by atoms with E-state index >= 15 is 0 Å². The number of halogens is 2. The number of hydrazine groups is 1. The maximum Gasteiger partial charge on any atom is 0.242 e. The molecule has 5 nitrogen and oxygen atoms in total. The van der Waals surface area contributed by atoms with E-state index in [1.54, 1.807) is 24.3 Å². The predicted molar refractivity (Wildman–Crippen MR) is 95.4 cm³/mol. The molecule has 0 aliphatic carbocycles. The van der Waals surface area contributed by atoms with Gasteiger partial charge in [-0.15, -0.1) is 0 Å². The Morgan fingerprint density at radius 2 is 2.00 bits per heavy atom. The zero-order valence-corrected chi connectivity index (χ0v) is 14.4. The zero-order chi connectivity index (χ0) is 17.3. The summed E-state index contributed by atoms with van der Waals surface area (Å²) in [5, 5.41) is 13.9. The molecule has 1 heterocycles. The van der Waals surface area contributed by atoms with Crippen LogP contribution in [-0.4, -0.2) is 17.1 Å². The molecule has 1 amide bonds. The first-order valence-electron chi connectivity index (χ1n) is 7.50. The molecule has 1 aliphatic rings. The molecule has 7 heteroatoms. The zero-order valence-electron chi connectivity index (χ0n) is 12.9. The Bertz CT molecular complexity index is 782. The van der Waals surface area contributed by atoms with Crippen molar-refractivity contribution in [1.29, 1.82) is 0 Å². The van der Waals surface area contributed by atoms with Gasteiger partial charge in [-0.2, -0.15) is 0 Å². The fraction of sp³-hybridized carbons (Fsp3) is 0.235. The maximum atomic E-state index is 12.4. The van der Waals surface area contributed by atoms with E-state index in [-0.39, 0.29) is 17.7 Å². The second-order valence-electron chi connectivity index (χ2n) is 5.79. The number of carbonyl (C=O) groups is 1. The highest BCUT2D eigenvalue weighted by molar-refractivity contribution is 6.31. The number of hydrogen-bond donors (Lipinski definition) is 4. The summed E-state index contributed by atoms with van der Waals surface area (Å²) >= 11 is 12.1. The molecule has 2 atom stereocenters. The monoisotopic (exact) mass is 365 g/mol. The third kappa shape index (κ3) is 3.65. The Hall–Kier alpha value is -1.79. The van der Waals surface area contributed by atoms with Crippen molar-refractivity contribution in [2.45, 2.75) is 25.4 Å². The molecule has 3 rings (SSSR count). The van der Waals surface area contributed by atoms with E-state index in [0.717, 1.165) is 5.56 Å². The van der Waals surface area contributed by atoms with E-state index in [1.807, 2.05) is 19.1 Å². The van der Waals surface area contributed by atoms with Crippen LogP contribution in [0.5, 0.6) is 5.75 Å². The number of aryl methyl sites for hydroxylation is 1. The summed E-state index contributed by atoms with van der Waals surface area (Å²) in [5.41, 5.74) is 8.22. The number of phenols is 1. The van der Waals surface area contributed by atoms with Crippen molar-refractivity contribution in [2.75, 3.05) is 5.32 Å². The smallest absolute Gasteiger partial charge is 0.242 e. The van der Waals surface area contributed by atoms with Crippen LogP contribution < -0.4 is 16.2 Å². The standard InChI is InChI=1S/C17H17Cl2N3O2/c1-9-2-4-11(7-13(9)19)20-17(24)15-8-14(21-22-15)12-6-10(18)3-5-16(12)23/h2-7,14-15,21-23H,8H2,1H3,(H,20,24). The minimum atomic E-state index is -0.437. The number of hydrogen-bond acceptors (Lipinski definition) is 4. The highest BCUT2D eigenvalue weighted by atomic mass is 35.5. The molecule has 1 aliphatic heterocycles. The van der Waals surface area contributed by atoms with Crippen molar-refractivity contribution in [3.05, 3.63) is 57.6 Å². The molecule has 0 bridgehead atoms. The highest BCUT2D eigenvalue weighted by Crippen LogP contribution is 2.32. The number of anilines is 1. The van der Waals surface area contributed by atoms with E-state index < -0.39 is 6.04 Å². The van der Waals surface area contributed by atoms with Crippen LogP contribution in [0.25, 0.3) is 0 Å². The van der Waals surface area contributed by atoms with Gasteiger partial charge in [0.1, 0.15) is 11.8 Å². The first-order chi connectivity index (χ1) is 11.4. The van der Waals surface area contributed by atoms with Crippen molar-refractivity contribution in [3.63, 3.8) is 0 Å². The Morgan fingerprint density at radius 1 is 1.21 bits per heavy atom. The Kier molecular flexibility index (Phi) is 4.96. The first-order valence-corrected chi connectivity index (χ1v) is 8.26. The van der Waals surface area contributed by atoms with Crippen LogP contribution in [0.3, 0.4) is 0 Å². The summed E-state index contributed by atoms with van der Waals surface area (Å²) in [6, 6.07) is 9.59. The number of carbonyl (C=O) groups excluding carboxylic acids is 1. The van der Waals surface area contributed by atoms with Crippen molar-refractivity contribution in [2.24, 2.45) is 0 Å². The highest BCUT2D eigenvalue weighted by Gasteiger charge is 2.31. The van der Waals surface area contributed by atoms with Gasteiger partial charge in [-0.3, -0.25) is 4.79 Å². The molecule has 1 fully saturated rings. The van der Waals surface area contributed by atoms with Gasteiger partial charge in [0, 0.05) is 21.3 Å². The molecule has 1 saturated heterocycles. The largest absolute Gasteiger partial charge is 0.508 e. The first kappa shape index (κ1) is 17.0. The average Bonchev–Trinajstić information content (AvgIpc) is 3.03. The second kappa shape index (κ2) is 6.99. The number of benzene rings is 2. The predicted octanol–water partition coefficient (Wildman–Crippen LogP) is 3.55. The average molecular weight is 366 g/mol. The lowest BCUT2D eigenvalue weighted by Gasteiger charge is -2.12. The van der Waals surface area contributed by atoms with Crippen LogP contribution in [0.4, 0.5) is 5.69 Å². The molecule has 0 spiro atoms. The Labute approximate surface area is 149 Å². The quantitative estimate of drug-likeness (QED) is 0.670. The van der Waals surface area contributed by atoms with E-state index in [0.29, 0.717) is 27.7 Å². The summed E-state index contributed by atoms with van der Waals surface area (Å²) in [4.78, 5) is 12.4. The molecular formula is C17H17Cl2N3O2. The minimum absolute atomic E-state index is 0.144. The molecule has 2 aromatic rings. The minimum Gasteiger partial charge on any atom is -0.508 e. The van der Waals surface area contributed by atoms with Crippen molar-refractivity contribution in [1.82, 2.24) is 10.9 Å². The Morgan fingerprint density at radius 3 is 2.75 bits per heavy atom. The SMILES string of the molecule is Cc1ccc(NC(=O)C2CC(c3cc(Cl)ccc3O)NN2)cc1Cl. The maximum absolute atomic E-state index is 12.4. The third-order valence-corrected chi connectivity index (χ3v) is 4.67. The molecule has 0 radical (unpaired) electrons. The normalized spacial score (nSPS) is 20.1. The molecular weight excluding hydrogens is 349 g/mol. The van der Waals surface area contributed by atoms with Gasteiger partial charge in [-0.25, -0.2) is 10.9 Å². The number of nitrogens with one attached hydrogen (secondary N) is 3. The topological polar surface area (TPSA) is 73.4 Å². The van der Waals surface area contributed by atoms with Crippen molar-refractivity contribution >= 4 is 34.8 Å². The van der Waals surface area contributed by atoms with E-state index in [4.69, 9.17) is 23.2 Å². The number of aromatic hydroxyl groups is 1. The van der Waals surface area contributed by atoms with Gasteiger partial charge in [-0.05, 0) is 49.2 Å². The number of rotatable bonds is 3. The van der Waals surface area contributed by atoms with Gasteiger partial charge in [0.2, 0.25) is 5.91 Å². The molecule has 126 valence electrons. The fourth-order valence-corrected chi connectivity index (χ4v) is 3.00. The number of phenolic OH excluding ortho intramolecular Hbond substituents is 1. The molecule has 2 unspecified atom stereocenters. The van der Waals surface area contributed by atoms with E-state index in [2.05, 4.69) is 16.2 Å². The number of amides is 1. The van der Waals surface area contributed by atoms with Crippen LogP contribution >= 0.6 is 23.2 Å². The van der Waals surface area contributed by atoms with Crippen LogP contribution in [0.1, 0.15) is 23.6 Å². The van der Waals surface area contributed by atoms with Gasteiger partial charge >= 0.3 is 0 Å². The molecule has 24 heavy (non-hydrogen) atoms. The second-order valence-corrected chi connectivity index (χ2v) is 6.63. The summed E-state index contributed by atoms with van der Waals surface area (Å²) in [7, 11) is 0. The van der Waals surface area contributed by atoms with Crippen LogP contribution in [0.2, 0.25) is 10.0 Å². The molecule has 0 saturated carbocycles. The Balaban J connectivity index is 1.67. The van der Waals surface area contributed by atoms with Crippen LogP contribution in [0, 0.1) is 6.92 Å². The van der Waals surface area contributed by atoms with Crippen LogP contribution in [0.15, 0.2) is 36.4 Å². The lowest BCUT2D eigenvalue weighted by atomic mass is 10.0. The van der Waals surface area contributed by atoms with Crippen molar-refractivity contribution < 1.29 is 9.90 Å². The summed E-state index contributed by atoms with van der Waals surface area (Å²) in [6.07, 6.45) is 0.485. The van der Waals surface area contributed by atoms with Gasteiger partial charge < -0.3 is 10.4 Å². The lowest BCUT2D eigenvalue weighted by molar-refractivity contribution is -0.117. The summed E-state index contributed by atoms with van der Waals surface area (Å²) in [5.74, 6) is -0.0310. The fourth-order valence-electron chi connectivity index (χ4n) is 2.64. The van der Waals surface area contributed by atoms with E-state index in [9.17, 15) is 9.90 Å².